The normalized spacial score (nSPS) is 14.0. The molecule has 9 nitrogen and oxygen atoms in total. The molecule has 3 heterocycles. The highest BCUT2D eigenvalue weighted by atomic mass is 19.4. The minimum Gasteiger partial charge on any atom is -0.475 e. The van der Waals surface area contributed by atoms with E-state index < -0.39 is 12.1 Å². The number of nitrogens with zero attached hydrogens (tertiary/aromatic N) is 3. The molecule has 0 aliphatic carbocycles. The van der Waals surface area contributed by atoms with E-state index in [0.717, 1.165) is 16.6 Å². The largest absolute Gasteiger partial charge is 0.490 e. The molecule has 1 fully saturated rings. The molecule has 3 N–H and O–H groups in total. The Kier molecular flexibility index (Phi) is 6.70. The number of amides is 1. The van der Waals surface area contributed by atoms with Crippen LogP contribution in [0.1, 0.15) is 10.4 Å². The molecular formula is C19H18F3N5O4. The van der Waals surface area contributed by atoms with Gasteiger partial charge in [-0.05, 0) is 30.3 Å². The summed E-state index contributed by atoms with van der Waals surface area (Å²) in [6.07, 6.45) is -1.65. The molecular weight excluding hydrogens is 419 g/mol. The SMILES string of the molecule is O=C(O)C(F)(F)F.O=C(c1cccnc1Nc1ccc2[nH]ncc2c1)N1CCOCC1. The van der Waals surface area contributed by atoms with Gasteiger partial charge >= 0.3 is 12.1 Å². The van der Waals surface area contributed by atoms with Crippen molar-refractivity contribution in [1.29, 1.82) is 0 Å². The van der Waals surface area contributed by atoms with E-state index in [1.54, 1.807) is 29.4 Å². The maximum atomic E-state index is 12.8. The molecule has 0 unspecified atom stereocenters. The van der Waals surface area contributed by atoms with Gasteiger partial charge in [0.1, 0.15) is 5.82 Å². The molecule has 1 aliphatic heterocycles. The fraction of sp³-hybridized carbons (Fsp3) is 0.263. The van der Waals surface area contributed by atoms with Gasteiger partial charge in [-0.1, -0.05) is 0 Å². The molecule has 31 heavy (non-hydrogen) atoms. The molecule has 4 rings (SSSR count). The smallest absolute Gasteiger partial charge is 0.475 e. The van der Waals surface area contributed by atoms with Gasteiger partial charge in [0, 0.05) is 30.4 Å². The Bertz CT molecular complexity index is 1060. The monoisotopic (exact) mass is 437 g/mol. The van der Waals surface area contributed by atoms with E-state index in [2.05, 4.69) is 20.5 Å². The average Bonchev–Trinajstić information content (AvgIpc) is 3.22. The van der Waals surface area contributed by atoms with E-state index in [4.69, 9.17) is 14.6 Å². The molecule has 3 aromatic rings. The number of carboxylic acids is 1. The summed E-state index contributed by atoms with van der Waals surface area (Å²) in [7, 11) is 0. The Morgan fingerprint density at radius 1 is 1.19 bits per heavy atom. The summed E-state index contributed by atoms with van der Waals surface area (Å²) >= 11 is 0. The number of ether oxygens (including phenoxy) is 1. The van der Waals surface area contributed by atoms with Crippen molar-refractivity contribution < 1.29 is 32.6 Å². The lowest BCUT2D eigenvalue weighted by Crippen LogP contribution is -2.40. The Balaban J connectivity index is 0.000000339. The quantitative estimate of drug-likeness (QED) is 0.576. The zero-order valence-corrected chi connectivity index (χ0v) is 16.0. The van der Waals surface area contributed by atoms with Crippen LogP contribution in [-0.4, -0.2) is 69.5 Å². The standard InChI is InChI=1S/C17H17N5O2.C2HF3O2/c23-17(22-6-8-24-9-7-22)14-2-1-5-18-16(14)20-13-3-4-15-12(10-13)11-19-21-15;3-2(4,5)1(6)7/h1-5,10-11H,6-9H2,(H,18,20)(H,19,21);(H,6,7). The summed E-state index contributed by atoms with van der Waals surface area (Å²) in [6.45, 7) is 2.36. The highest BCUT2D eigenvalue weighted by molar-refractivity contribution is 5.99. The molecule has 1 amide bonds. The molecule has 1 aromatic carbocycles. The zero-order chi connectivity index (χ0) is 22.4. The second kappa shape index (κ2) is 9.43. The first-order chi connectivity index (χ1) is 14.8. The third kappa shape index (κ3) is 5.69. The number of hydrogen-bond acceptors (Lipinski definition) is 6. The van der Waals surface area contributed by atoms with E-state index in [1.807, 2.05) is 18.2 Å². The highest BCUT2D eigenvalue weighted by Crippen LogP contribution is 2.23. The number of pyridine rings is 1. The summed E-state index contributed by atoms with van der Waals surface area (Å²) in [5.41, 5.74) is 2.39. The van der Waals surface area contributed by atoms with Crippen LogP contribution in [0.4, 0.5) is 24.7 Å². The van der Waals surface area contributed by atoms with Crippen LogP contribution in [0.25, 0.3) is 10.9 Å². The summed E-state index contributed by atoms with van der Waals surface area (Å²) < 4.78 is 37.0. The second-order valence-corrected chi connectivity index (χ2v) is 6.40. The Labute approximate surface area is 173 Å². The van der Waals surface area contributed by atoms with Crippen LogP contribution in [0.15, 0.2) is 42.7 Å². The summed E-state index contributed by atoms with van der Waals surface area (Å²) in [4.78, 5) is 27.8. The molecule has 1 saturated heterocycles. The van der Waals surface area contributed by atoms with Gasteiger partial charge in [0.2, 0.25) is 0 Å². The van der Waals surface area contributed by atoms with Crippen molar-refractivity contribution in [3.05, 3.63) is 48.3 Å². The fourth-order valence-corrected chi connectivity index (χ4v) is 2.77. The number of fused-ring (bicyclic) bond motifs is 1. The number of carbonyl (C=O) groups is 2. The Morgan fingerprint density at radius 2 is 1.90 bits per heavy atom. The minimum atomic E-state index is -5.08. The molecule has 0 spiro atoms. The lowest BCUT2D eigenvalue weighted by Gasteiger charge is -2.27. The van der Waals surface area contributed by atoms with Crippen LogP contribution in [0.5, 0.6) is 0 Å². The van der Waals surface area contributed by atoms with Crippen LogP contribution in [0.2, 0.25) is 0 Å². The van der Waals surface area contributed by atoms with Gasteiger partial charge in [-0.25, -0.2) is 9.78 Å². The molecule has 0 radical (unpaired) electrons. The van der Waals surface area contributed by atoms with E-state index >= 15 is 0 Å². The number of carboxylic acid groups (broad SMARTS) is 1. The maximum Gasteiger partial charge on any atom is 0.490 e. The summed E-state index contributed by atoms with van der Waals surface area (Å²) in [6, 6.07) is 9.41. The maximum absolute atomic E-state index is 12.8. The van der Waals surface area contributed by atoms with E-state index in [9.17, 15) is 18.0 Å². The number of morpholine rings is 1. The van der Waals surface area contributed by atoms with Crippen LogP contribution in [-0.2, 0) is 9.53 Å². The first-order valence-corrected chi connectivity index (χ1v) is 9.08. The predicted molar refractivity (Wildman–Crippen MR) is 104 cm³/mol. The number of benzene rings is 1. The number of carbonyl (C=O) groups excluding carboxylic acids is 1. The number of aromatic amines is 1. The van der Waals surface area contributed by atoms with Gasteiger partial charge in [-0.3, -0.25) is 9.89 Å². The van der Waals surface area contributed by atoms with Crippen LogP contribution >= 0.6 is 0 Å². The van der Waals surface area contributed by atoms with Crippen LogP contribution in [0, 0.1) is 0 Å². The molecule has 164 valence electrons. The number of halogens is 3. The molecule has 1 aliphatic rings. The Hall–Kier alpha value is -3.67. The number of H-pyrrole nitrogens is 1. The summed E-state index contributed by atoms with van der Waals surface area (Å²) in [5, 5.41) is 18.3. The van der Waals surface area contributed by atoms with Crippen molar-refractivity contribution in [2.75, 3.05) is 31.6 Å². The van der Waals surface area contributed by atoms with Crippen molar-refractivity contribution in [2.24, 2.45) is 0 Å². The number of aromatic nitrogens is 3. The molecule has 0 bridgehead atoms. The van der Waals surface area contributed by atoms with E-state index in [-0.39, 0.29) is 5.91 Å². The van der Waals surface area contributed by atoms with Crippen molar-refractivity contribution >= 4 is 34.3 Å². The van der Waals surface area contributed by atoms with Gasteiger partial charge in [0.15, 0.2) is 0 Å². The predicted octanol–water partition coefficient (Wildman–Crippen LogP) is 2.81. The number of aliphatic carboxylic acids is 1. The lowest BCUT2D eigenvalue weighted by molar-refractivity contribution is -0.192. The number of alkyl halides is 3. The van der Waals surface area contributed by atoms with E-state index in [0.29, 0.717) is 37.7 Å². The lowest BCUT2D eigenvalue weighted by atomic mass is 10.2. The third-order valence-corrected chi connectivity index (χ3v) is 4.28. The van der Waals surface area contributed by atoms with Crippen molar-refractivity contribution in [3.8, 4) is 0 Å². The topological polar surface area (TPSA) is 120 Å². The zero-order valence-electron chi connectivity index (χ0n) is 16.0. The van der Waals surface area contributed by atoms with Crippen LogP contribution in [0.3, 0.4) is 0 Å². The van der Waals surface area contributed by atoms with Crippen molar-refractivity contribution in [1.82, 2.24) is 20.1 Å². The second-order valence-electron chi connectivity index (χ2n) is 6.40. The summed E-state index contributed by atoms with van der Waals surface area (Å²) in [5.74, 6) is -2.23. The number of rotatable bonds is 3. The van der Waals surface area contributed by atoms with Gasteiger partial charge in [0.25, 0.3) is 5.91 Å². The number of nitrogens with one attached hydrogen (secondary N) is 2. The van der Waals surface area contributed by atoms with Gasteiger partial charge < -0.3 is 20.1 Å². The molecule has 0 atom stereocenters. The van der Waals surface area contributed by atoms with Gasteiger partial charge in [0.05, 0.1) is 30.5 Å². The first kappa shape index (κ1) is 22.0. The van der Waals surface area contributed by atoms with Gasteiger partial charge in [-0.2, -0.15) is 18.3 Å². The molecule has 2 aromatic heterocycles. The molecule has 0 saturated carbocycles. The molecule has 12 heteroatoms. The van der Waals surface area contributed by atoms with Crippen molar-refractivity contribution in [2.45, 2.75) is 6.18 Å². The Morgan fingerprint density at radius 3 is 2.58 bits per heavy atom. The number of hydrogen-bond donors (Lipinski definition) is 3. The number of anilines is 2. The average molecular weight is 437 g/mol. The van der Waals surface area contributed by atoms with Crippen molar-refractivity contribution in [3.63, 3.8) is 0 Å². The first-order valence-electron chi connectivity index (χ1n) is 9.08. The third-order valence-electron chi connectivity index (χ3n) is 4.28. The minimum absolute atomic E-state index is 0.0294. The highest BCUT2D eigenvalue weighted by Gasteiger charge is 2.38. The van der Waals surface area contributed by atoms with Crippen LogP contribution < -0.4 is 5.32 Å². The van der Waals surface area contributed by atoms with E-state index in [1.165, 1.54) is 0 Å². The van der Waals surface area contributed by atoms with Gasteiger partial charge in [-0.15, -0.1) is 0 Å². The fourth-order valence-electron chi connectivity index (χ4n) is 2.77.